The van der Waals surface area contributed by atoms with Crippen LogP contribution in [0.25, 0.3) is 10.9 Å². The Bertz CT molecular complexity index is 596. The number of halogens is 1. The lowest BCUT2D eigenvalue weighted by Gasteiger charge is -2.24. The van der Waals surface area contributed by atoms with Gasteiger partial charge in [0, 0.05) is 34.8 Å². The van der Waals surface area contributed by atoms with E-state index in [1.807, 2.05) is 24.3 Å². The van der Waals surface area contributed by atoms with E-state index in [1.54, 1.807) is 6.20 Å². The van der Waals surface area contributed by atoms with E-state index in [-0.39, 0.29) is 0 Å². The molecule has 0 radical (unpaired) electrons. The van der Waals surface area contributed by atoms with Crippen molar-refractivity contribution in [2.24, 2.45) is 5.92 Å². The number of hydrogen-bond acceptors (Lipinski definition) is 3. The molecule has 3 rings (SSSR count). The van der Waals surface area contributed by atoms with Crippen LogP contribution in [0.1, 0.15) is 30.9 Å². The number of nitrogens with zero attached hydrogens (tertiary/aromatic N) is 1. The molecule has 1 aliphatic heterocycles. The minimum atomic E-state index is -0.455. The topological polar surface area (TPSA) is 42.4 Å². The van der Waals surface area contributed by atoms with Gasteiger partial charge in [-0.1, -0.05) is 28.1 Å². The van der Waals surface area contributed by atoms with E-state index in [2.05, 4.69) is 20.9 Å². The van der Waals surface area contributed by atoms with Crippen molar-refractivity contribution in [2.75, 3.05) is 13.2 Å². The maximum atomic E-state index is 10.6. The number of aliphatic hydroxyl groups excluding tert-OH is 1. The quantitative estimate of drug-likeness (QED) is 0.926. The summed E-state index contributed by atoms with van der Waals surface area (Å²) in [5.41, 5.74) is 1.82. The van der Waals surface area contributed by atoms with Crippen LogP contribution in [0, 0.1) is 5.92 Å². The third kappa shape index (κ3) is 2.87. The SMILES string of the molecule is OC(CC1CCOCC1)c1ccc(Br)c2cccnc12. The Kier molecular flexibility index (Phi) is 4.34. The van der Waals surface area contributed by atoms with Crippen LogP contribution >= 0.6 is 15.9 Å². The molecule has 106 valence electrons. The Morgan fingerprint density at radius 2 is 2.10 bits per heavy atom. The second kappa shape index (κ2) is 6.20. The zero-order valence-electron chi connectivity index (χ0n) is 11.3. The second-order valence-corrected chi connectivity index (χ2v) is 6.20. The van der Waals surface area contributed by atoms with Crippen molar-refractivity contribution in [2.45, 2.75) is 25.4 Å². The molecule has 2 heterocycles. The van der Waals surface area contributed by atoms with Crippen LogP contribution in [0.2, 0.25) is 0 Å². The highest BCUT2D eigenvalue weighted by atomic mass is 79.9. The molecule has 1 unspecified atom stereocenters. The second-order valence-electron chi connectivity index (χ2n) is 5.34. The zero-order chi connectivity index (χ0) is 13.9. The summed E-state index contributed by atoms with van der Waals surface area (Å²) < 4.78 is 6.39. The van der Waals surface area contributed by atoms with Crippen molar-refractivity contribution >= 4 is 26.8 Å². The third-order valence-corrected chi connectivity index (χ3v) is 4.70. The number of benzene rings is 1. The van der Waals surface area contributed by atoms with Gasteiger partial charge in [-0.3, -0.25) is 4.98 Å². The molecule has 20 heavy (non-hydrogen) atoms. The highest BCUT2D eigenvalue weighted by Crippen LogP contribution is 2.33. The van der Waals surface area contributed by atoms with E-state index in [0.29, 0.717) is 5.92 Å². The van der Waals surface area contributed by atoms with Crippen molar-refractivity contribution in [1.82, 2.24) is 4.98 Å². The summed E-state index contributed by atoms with van der Waals surface area (Å²) in [4.78, 5) is 4.44. The fourth-order valence-corrected chi connectivity index (χ4v) is 3.31. The van der Waals surface area contributed by atoms with Crippen LogP contribution in [0.3, 0.4) is 0 Å². The van der Waals surface area contributed by atoms with Gasteiger partial charge in [-0.15, -0.1) is 0 Å². The molecule has 1 aromatic carbocycles. The van der Waals surface area contributed by atoms with Crippen molar-refractivity contribution in [3.05, 3.63) is 40.5 Å². The number of aliphatic hydroxyl groups is 1. The van der Waals surface area contributed by atoms with E-state index in [0.717, 1.165) is 53.4 Å². The molecule has 1 atom stereocenters. The van der Waals surface area contributed by atoms with Crippen LogP contribution < -0.4 is 0 Å². The van der Waals surface area contributed by atoms with Gasteiger partial charge >= 0.3 is 0 Å². The number of pyridine rings is 1. The van der Waals surface area contributed by atoms with Gasteiger partial charge in [0.05, 0.1) is 11.6 Å². The Labute approximate surface area is 127 Å². The van der Waals surface area contributed by atoms with Gasteiger partial charge in [0.25, 0.3) is 0 Å². The lowest BCUT2D eigenvalue weighted by Crippen LogP contribution is -2.18. The number of rotatable bonds is 3. The molecular weight excluding hydrogens is 318 g/mol. The first-order chi connectivity index (χ1) is 9.75. The predicted octanol–water partition coefficient (Wildman–Crippen LogP) is 3.85. The number of aromatic nitrogens is 1. The number of fused-ring (bicyclic) bond motifs is 1. The fraction of sp³-hybridized carbons (Fsp3) is 0.438. The normalized spacial score (nSPS) is 18.3. The molecule has 0 aliphatic carbocycles. The van der Waals surface area contributed by atoms with Crippen molar-refractivity contribution in [1.29, 1.82) is 0 Å². The van der Waals surface area contributed by atoms with E-state index < -0.39 is 6.10 Å². The van der Waals surface area contributed by atoms with E-state index in [4.69, 9.17) is 4.74 Å². The highest BCUT2D eigenvalue weighted by molar-refractivity contribution is 9.10. The van der Waals surface area contributed by atoms with E-state index in [9.17, 15) is 5.11 Å². The largest absolute Gasteiger partial charge is 0.388 e. The molecule has 0 spiro atoms. The third-order valence-electron chi connectivity index (χ3n) is 4.00. The van der Waals surface area contributed by atoms with Gasteiger partial charge in [0.1, 0.15) is 0 Å². The first-order valence-electron chi connectivity index (χ1n) is 7.04. The molecule has 4 heteroatoms. The van der Waals surface area contributed by atoms with E-state index in [1.165, 1.54) is 0 Å². The van der Waals surface area contributed by atoms with Crippen molar-refractivity contribution in [3.8, 4) is 0 Å². The number of ether oxygens (including phenoxy) is 1. The maximum Gasteiger partial charge on any atom is 0.0813 e. The van der Waals surface area contributed by atoms with Gasteiger partial charge in [0.15, 0.2) is 0 Å². The minimum Gasteiger partial charge on any atom is -0.388 e. The summed E-state index contributed by atoms with van der Waals surface area (Å²) in [6, 6.07) is 7.91. The van der Waals surface area contributed by atoms with Crippen LogP contribution in [0.15, 0.2) is 34.9 Å². The monoisotopic (exact) mass is 335 g/mol. The first kappa shape index (κ1) is 14.0. The minimum absolute atomic E-state index is 0.455. The Balaban J connectivity index is 1.87. The van der Waals surface area contributed by atoms with Crippen LogP contribution in [0.4, 0.5) is 0 Å². The zero-order valence-corrected chi connectivity index (χ0v) is 12.8. The molecule has 1 saturated heterocycles. The maximum absolute atomic E-state index is 10.6. The molecule has 3 nitrogen and oxygen atoms in total. The Morgan fingerprint density at radius 3 is 2.90 bits per heavy atom. The standard InChI is InChI=1S/C16H18BrNO2/c17-14-4-3-13(16-12(14)2-1-7-18-16)15(19)10-11-5-8-20-9-6-11/h1-4,7,11,15,19H,5-6,8-10H2. The summed E-state index contributed by atoms with van der Waals surface area (Å²) >= 11 is 3.54. The van der Waals surface area contributed by atoms with E-state index >= 15 is 0 Å². The summed E-state index contributed by atoms with van der Waals surface area (Å²) in [5.74, 6) is 0.543. The Morgan fingerprint density at radius 1 is 1.30 bits per heavy atom. The molecule has 0 amide bonds. The molecule has 1 N–H and O–H groups in total. The highest BCUT2D eigenvalue weighted by Gasteiger charge is 2.21. The molecule has 1 aromatic heterocycles. The lowest BCUT2D eigenvalue weighted by atomic mass is 9.90. The average molecular weight is 336 g/mol. The molecule has 0 bridgehead atoms. The smallest absolute Gasteiger partial charge is 0.0813 e. The van der Waals surface area contributed by atoms with Gasteiger partial charge < -0.3 is 9.84 Å². The van der Waals surface area contributed by atoms with Crippen molar-refractivity contribution < 1.29 is 9.84 Å². The van der Waals surface area contributed by atoms with Crippen LogP contribution in [-0.4, -0.2) is 23.3 Å². The van der Waals surface area contributed by atoms with Crippen LogP contribution in [-0.2, 0) is 4.74 Å². The lowest BCUT2D eigenvalue weighted by molar-refractivity contribution is 0.0437. The summed E-state index contributed by atoms with van der Waals surface area (Å²) in [6.07, 6.45) is 4.19. The van der Waals surface area contributed by atoms with Gasteiger partial charge in [-0.2, -0.15) is 0 Å². The fourth-order valence-electron chi connectivity index (χ4n) is 2.85. The molecule has 1 aliphatic rings. The van der Waals surface area contributed by atoms with Gasteiger partial charge in [-0.25, -0.2) is 0 Å². The first-order valence-corrected chi connectivity index (χ1v) is 7.84. The Hall–Kier alpha value is -0.970. The number of hydrogen-bond donors (Lipinski definition) is 1. The summed E-state index contributed by atoms with van der Waals surface area (Å²) in [5, 5.41) is 11.6. The molecular formula is C16H18BrNO2. The van der Waals surface area contributed by atoms with Crippen molar-refractivity contribution in [3.63, 3.8) is 0 Å². The van der Waals surface area contributed by atoms with Gasteiger partial charge in [-0.05, 0) is 37.3 Å². The summed E-state index contributed by atoms with van der Waals surface area (Å²) in [7, 11) is 0. The predicted molar refractivity (Wildman–Crippen MR) is 82.6 cm³/mol. The molecule has 0 saturated carbocycles. The summed E-state index contributed by atoms with van der Waals surface area (Å²) in [6.45, 7) is 1.63. The average Bonchev–Trinajstić information content (AvgIpc) is 2.49. The van der Waals surface area contributed by atoms with Crippen LogP contribution in [0.5, 0.6) is 0 Å². The van der Waals surface area contributed by atoms with Gasteiger partial charge in [0.2, 0.25) is 0 Å². The molecule has 2 aromatic rings. The molecule has 1 fully saturated rings.